The average molecular weight is 268 g/mol. The highest BCUT2D eigenvalue weighted by atomic mass is 35.5. The molecule has 0 aliphatic rings. The van der Waals surface area contributed by atoms with Crippen LogP contribution < -0.4 is 0 Å². The second-order valence-electron chi connectivity index (χ2n) is 3.84. The molecule has 1 atom stereocenters. The lowest BCUT2D eigenvalue weighted by molar-refractivity contribution is 0.174. The first kappa shape index (κ1) is 12.6. The third-order valence-electron chi connectivity index (χ3n) is 2.55. The van der Waals surface area contributed by atoms with Crippen LogP contribution in [0.4, 0.5) is 0 Å². The van der Waals surface area contributed by atoms with Crippen molar-refractivity contribution in [1.29, 1.82) is 0 Å². The van der Waals surface area contributed by atoms with E-state index in [1.54, 1.807) is 29.7 Å². The molecule has 2 aromatic heterocycles. The number of hydrogen-bond donors (Lipinski definition) is 1. The van der Waals surface area contributed by atoms with Crippen molar-refractivity contribution in [3.63, 3.8) is 0 Å². The molecule has 0 saturated carbocycles. The Labute approximate surface area is 110 Å². The summed E-state index contributed by atoms with van der Waals surface area (Å²) in [5.41, 5.74) is 0.667. The first-order valence-electron chi connectivity index (χ1n) is 5.56. The molecular weight excluding hydrogens is 254 g/mol. The minimum atomic E-state index is -0.560. The fourth-order valence-corrected chi connectivity index (χ4v) is 2.71. The minimum Gasteiger partial charge on any atom is -0.386 e. The van der Waals surface area contributed by atoms with Crippen LogP contribution in [0, 0.1) is 0 Å². The van der Waals surface area contributed by atoms with E-state index in [0.29, 0.717) is 17.1 Å². The van der Waals surface area contributed by atoms with Gasteiger partial charge in [-0.15, -0.1) is 11.3 Å². The summed E-state index contributed by atoms with van der Waals surface area (Å²) in [7, 11) is 0. The van der Waals surface area contributed by atoms with Crippen molar-refractivity contribution in [3.8, 4) is 0 Å². The SMILES string of the molecule is CCc1ccc(CC(O)c2ccc(Cl)cn2)s1. The van der Waals surface area contributed by atoms with E-state index in [2.05, 4.69) is 24.0 Å². The average Bonchev–Trinajstić information content (AvgIpc) is 2.77. The van der Waals surface area contributed by atoms with Crippen molar-refractivity contribution < 1.29 is 5.11 Å². The fourth-order valence-electron chi connectivity index (χ4n) is 1.60. The summed E-state index contributed by atoms with van der Waals surface area (Å²) < 4.78 is 0. The number of thiophene rings is 1. The topological polar surface area (TPSA) is 33.1 Å². The highest BCUT2D eigenvalue weighted by molar-refractivity contribution is 7.11. The summed E-state index contributed by atoms with van der Waals surface area (Å²) in [6, 6.07) is 7.70. The molecule has 17 heavy (non-hydrogen) atoms. The third kappa shape index (κ3) is 3.28. The number of pyridine rings is 1. The van der Waals surface area contributed by atoms with Gasteiger partial charge in [0.25, 0.3) is 0 Å². The zero-order chi connectivity index (χ0) is 12.3. The van der Waals surface area contributed by atoms with Gasteiger partial charge in [-0.05, 0) is 30.7 Å². The smallest absolute Gasteiger partial charge is 0.101 e. The molecule has 0 aliphatic heterocycles. The molecule has 4 heteroatoms. The molecule has 0 saturated heterocycles. The highest BCUT2D eigenvalue weighted by Crippen LogP contribution is 2.23. The van der Waals surface area contributed by atoms with E-state index in [0.717, 1.165) is 6.42 Å². The Morgan fingerprint density at radius 2 is 2.06 bits per heavy atom. The molecule has 0 aliphatic carbocycles. The quantitative estimate of drug-likeness (QED) is 0.918. The van der Waals surface area contributed by atoms with E-state index in [4.69, 9.17) is 11.6 Å². The number of nitrogens with zero attached hydrogens (tertiary/aromatic N) is 1. The Kier molecular flexibility index (Phi) is 4.15. The van der Waals surface area contributed by atoms with Gasteiger partial charge >= 0.3 is 0 Å². The van der Waals surface area contributed by atoms with Crippen molar-refractivity contribution in [2.45, 2.75) is 25.9 Å². The molecule has 90 valence electrons. The summed E-state index contributed by atoms with van der Waals surface area (Å²) >= 11 is 7.50. The molecule has 2 aromatic rings. The van der Waals surface area contributed by atoms with Crippen LogP contribution in [-0.2, 0) is 12.8 Å². The van der Waals surface area contributed by atoms with Crippen LogP contribution in [-0.4, -0.2) is 10.1 Å². The van der Waals surface area contributed by atoms with Gasteiger partial charge in [0.1, 0.15) is 6.10 Å². The zero-order valence-corrected chi connectivity index (χ0v) is 11.1. The van der Waals surface area contributed by atoms with Gasteiger partial charge in [-0.3, -0.25) is 4.98 Å². The van der Waals surface area contributed by atoms with E-state index in [1.165, 1.54) is 9.75 Å². The summed E-state index contributed by atoms with van der Waals surface area (Å²) in [5.74, 6) is 0. The molecule has 1 unspecified atom stereocenters. The lowest BCUT2D eigenvalue weighted by Crippen LogP contribution is -2.02. The van der Waals surface area contributed by atoms with Crippen LogP contribution in [0.2, 0.25) is 5.02 Å². The summed E-state index contributed by atoms with van der Waals surface area (Å²) in [6.07, 6.45) is 2.65. The Morgan fingerprint density at radius 3 is 2.65 bits per heavy atom. The van der Waals surface area contributed by atoms with Crippen LogP contribution in [0.1, 0.15) is 28.5 Å². The zero-order valence-electron chi connectivity index (χ0n) is 9.56. The molecule has 2 rings (SSSR count). The van der Waals surface area contributed by atoms with Crippen molar-refractivity contribution in [2.75, 3.05) is 0 Å². The van der Waals surface area contributed by atoms with Gasteiger partial charge in [-0.25, -0.2) is 0 Å². The molecule has 0 fully saturated rings. The predicted molar refractivity (Wildman–Crippen MR) is 71.6 cm³/mol. The summed E-state index contributed by atoms with van der Waals surface area (Å²) in [4.78, 5) is 6.65. The summed E-state index contributed by atoms with van der Waals surface area (Å²) in [5, 5.41) is 10.6. The maximum absolute atomic E-state index is 10.0. The van der Waals surface area contributed by atoms with Crippen LogP contribution in [0.15, 0.2) is 30.5 Å². The molecule has 2 nitrogen and oxygen atoms in total. The molecule has 0 spiro atoms. The Hall–Kier alpha value is -0.900. The second-order valence-corrected chi connectivity index (χ2v) is 5.53. The van der Waals surface area contributed by atoms with E-state index in [1.807, 2.05) is 0 Å². The lowest BCUT2D eigenvalue weighted by Gasteiger charge is -2.08. The van der Waals surface area contributed by atoms with E-state index < -0.39 is 6.10 Å². The molecule has 1 N–H and O–H groups in total. The highest BCUT2D eigenvalue weighted by Gasteiger charge is 2.11. The van der Waals surface area contributed by atoms with Crippen molar-refractivity contribution in [1.82, 2.24) is 4.98 Å². The van der Waals surface area contributed by atoms with Gasteiger partial charge in [0, 0.05) is 22.4 Å². The van der Waals surface area contributed by atoms with Crippen LogP contribution >= 0.6 is 22.9 Å². The first-order valence-corrected chi connectivity index (χ1v) is 6.75. The Balaban J connectivity index is 2.05. The van der Waals surface area contributed by atoms with Gasteiger partial charge in [-0.2, -0.15) is 0 Å². The van der Waals surface area contributed by atoms with Gasteiger partial charge in [0.15, 0.2) is 0 Å². The van der Waals surface area contributed by atoms with Gasteiger partial charge < -0.3 is 5.11 Å². The Bertz CT molecular complexity index is 480. The van der Waals surface area contributed by atoms with Crippen LogP contribution in [0.3, 0.4) is 0 Å². The van der Waals surface area contributed by atoms with Crippen LogP contribution in [0.5, 0.6) is 0 Å². The van der Waals surface area contributed by atoms with Crippen molar-refractivity contribution in [3.05, 3.63) is 50.9 Å². The third-order valence-corrected chi connectivity index (χ3v) is 4.03. The van der Waals surface area contributed by atoms with E-state index in [-0.39, 0.29) is 0 Å². The second kappa shape index (κ2) is 5.63. The molecular formula is C13H14ClNOS. The largest absolute Gasteiger partial charge is 0.386 e. The standard InChI is InChI=1S/C13H14ClNOS/c1-2-10-4-5-11(17-10)7-13(16)12-6-3-9(14)8-15-12/h3-6,8,13,16H,2,7H2,1H3. The monoisotopic (exact) mass is 267 g/mol. The Morgan fingerprint density at radius 1 is 1.29 bits per heavy atom. The normalized spacial score (nSPS) is 12.6. The molecule has 0 amide bonds. The number of aliphatic hydroxyl groups is 1. The summed E-state index contributed by atoms with van der Waals surface area (Å²) in [6.45, 7) is 2.13. The molecule has 0 radical (unpaired) electrons. The van der Waals surface area contributed by atoms with E-state index in [9.17, 15) is 5.11 Å². The number of halogens is 1. The van der Waals surface area contributed by atoms with Gasteiger partial charge in [-0.1, -0.05) is 18.5 Å². The maximum atomic E-state index is 10.0. The maximum Gasteiger partial charge on any atom is 0.101 e. The lowest BCUT2D eigenvalue weighted by atomic mass is 10.1. The fraction of sp³-hybridized carbons (Fsp3) is 0.308. The number of aliphatic hydroxyl groups excluding tert-OH is 1. The van der Waals surface area contributed by atoms with Gasteiger partial charge in [0.2, 0.25) is 0 Å². The van der Waals surface area contributed by atoms with Crippen molar-refractivity contribution in [2.24, 2.45) is 0 Å². The minimum absolute atomic E-state index is 0.560. The number of rotatable bonds is 4. The van der Waals surface area contributed by atoms with E-state index >= 15 is 0 Å². The predicted octanol–water partition coefficient (Wildman–Crippen LogP) is 3.64. The van der Waals surface area contributed by atoms with Crippen LogP contribution in [0.25, 0.3) is 0 Å². The molecule has 0 bridgehead atoms. The molecule has 0 aromatic carbocycles. The number of hydrogen-bond acceptors (Lipinski definition) is 3. The molecule has 2 heterocycles. The van der Waals surface area contributed by atoms with Crippen molar-refractivity contribution >= 4 is 22.9 Å². The first-order chi connectivity index (χ1) is 8.19. The number of aromatic nitrogens is 1. The number of aryl methyl sites for hydroxylation is 1. The van der Waals surface area contributed by atoms with Gasteiger partial charge in [0.05, 0.1) is 10.7 Å².